The third-order valence-corrected chi connectivity index (χ3v) is 10.7. The van der Waals surface area contributed by atoms with E-state index in [-0.39, 0.29) is 11.9 Å². The summed E-state index contributed by atoms with van der Waals surface area (Å²) in [5.41, 5.74) is 2.09. The summed E-state index contributed by atoms with van der Waals surface area (Å²) in [5, 5.41) is 0. The lowest BCUT2D eigenvalue weighted by atomic mass is 9.53. The van der Waals surface area contributed by atoms with Gasteiger partial charge in [0, 0.05) is 39.0 Å². The lowest BCUT2D eigenvalue weighted by Gasteiger charge is -2.50. The highest BCUT2D eigenvalue weighted by Gasteiger charge is 2.63. The van der Waals surface area contributed by atoms with E-state index in [9.17, 15) is 9.59 Å². The lowest BCUT2D eigenvalue weighted by molar-refractivity contribution is -0.470. The van der Waals surface area contributed by atoms with E-state index in [0.717, 1.165) is 45.4 Å². The van der Waals surface area contributed by atoms with Crippen LogP contribution in [0.15, 0.2) is 69.5 Å². The van der Waals surface area contributed by atoms with Crippen molar-refractivity contribution >= 4 is 23.6 Å². The molecule has 2 heterocycles. The quantitative estimate of drug-likeness (QED) is 0.144. The average molecular weight is 663 g/mol. The molecule has 0 aromatic heterocycles. The van der Waals surface area contributed by atoms with Crippen LogP contribution in [0, 0.1) is 21.7 Å². The minimum absolute atomic E-state index is 0.297. The Kier molecular flexibility index (Phi) is 9.04. The van der Waals surface area contributed by atoms with E-state index in [4.69, 9.17) is 9.47 Å². The number of carbonyl (C=O) groups is 2. The maximum Gasteiger partial charge on any atom is 0.332 e. The summed E-state index contributed by atoms with van der Waals surface area (Å²) in [7, 11) is 23.5. The molecule has 2 aliphatic heterocycles. The molecule has 10 heteroatoms. The van der Waals surface area contributed by atoms with Crippen molar-refractivity contribution in [3.63, 3.8) is 0 Å². The van der Waals surface area contributed by atoms with Crippen molar-refractivity contribution in [3.8, 4) is 0 Å². The maximum atomic E-state index is 14.2. The summed E-state index contributed by atoms with van der Waals surface area (Å²) in [6.45, 7) is 12.6. The van der Waals surface area contributed by atoms with Crippen LogP contribution in [0.3, 0.4) is 0 Å². The van der Waals surface area contributed by atoms with Crippen LogP contribution >= 0.6 is 0 Å². The fourth-order valence-electron chi connectivity index (χ4n) is 8.91. The summed E-state index contributed by atoms with van der Waals surface area (Å²) in [6, 6.07) is 0. The van der Waals surface area contributed by atoms with Gasteiger partial charge in [-0.1, -0.05) is 38.2 Å². The third kappa shape index (κ3) is 4.80. The molecule has 0 saturated carbocycles. The Morgan fingerprint density at radius 1 is 0.542 bits per heavy atom. The minimum atomic E-state index is -1.06. The second-order valence-corrected chi connectivity index (χ2v) is 15.5. The van der Waals surface area contributed by atoms with Gasteiger partial charge < -0.3 is 19.3 Å². The fraction of sp³-hybridized carbons (Fsp3) is 0.579. The predicted octanol–water partition coefficient (Wildman–Crippen LogP) is 3.91. The van der Waals surface area contributed by atoms with Crippen molar-refractivity contribution in [1.82, 2.24) is 19.6 Å². The van der Waals surface area contributed by atoms with Crippen LogP contribution in [0.5, 0.6) is 0 Å². The number of rotatable bonds is 5. The average Bonchev–Trinajstić information content (AvgIpc) is 3.37. The Morgan fingerprint density at radius 3 is 0.979 bits per heavy atom. The Hall–Kier alpha value is -4.08. The SMILES string of the molecule is CC1=CC(C)(C2(C)C=C(C)C3(C(=O)OC(C(N(C)C)=[N+](C)C)=C3N(C)C)C(C)=C2)C=C(C)C12C(=O)OC(C(N(C)C)=[N+](C)C)=C2N(C)C. The highest BCUT2D eigenvalue weighted by atomic mass is 16.6. The molecule has 0 N–H and O–H groups in total. The zero-order chi connectivity index (χ0) is 36.6. The second kappa shape index (κ2) is 11.8. The van der Waals surface area contributed by atoms with E-state index >= 15 is 0 Å². The van der Waals surface area contributed by atoms with Crippen LogP contribution in [0.2, 0.25) is 0 Å². The highest BCUT2D eigenvalue weighted by Crippen LogP contribution is 2.62. The van der Waals surface area contributed by atoms with Crippen molar-refractivity contribution in [1.29, 1.82) is 0 Å². The molecule has 0 radical (unpaired) electrons. The van der Waals surface area contributed by atoms with Crippen LogP contribution in [0.25, 0.3) is 0 Å². The summed E-state index contributed by atoms with van der Waals surface area (Å²) >= 11 is 0. The van der Waals surface area contributed by atoms with E-state index in [1.165, 1.54) is 0 Å². The molecule has 262 valence electrons. The summed E-state index contributed by atoms with van der Waals surface area (Å²) in [4.78, 5) is 36.3. The van der Waals surface area contributed by atoms with Gasteiger partial charge >= 0.3 is 23.6 Å². The molecule has 10 nitrogen and oxygen atoms in total. The normalized spacial score (nSPS) is 29.7. The number of allylic oxidation sites excluding steroid dienone is 4. The van der Waals surface area contributed by atoms with Crippen LogP contribution in [-0.2, 0) is 19.1 Å². The summed E-state index contributed by atoms with van der Waals surface area (Å²) in [6.07, 6.45) is 8.93. The molecule has 2 spiro atoms. The number of amidine groups is 2. The Labute approximate surface area is 288 Å². The van der Waals surface area contributed by atoms with Gasteiger partial charge in [0.15, 0.2) is 10.8 Å². The smallest absolute Gasteiger partial charge is 0.332 e. The number of esters is 2. The summed E-state index contributed by atoms with van der Waals surface area (Å²) < 4.78 is 16.4. The molecule has 0 bridgehead atoms. The molecule has 0 aromatic rings. The molecule has 4 aliphatic rings. The fourth-order valence-corrected chi connectivity index (χ4v) is 8.91. The molecule has 0 saturated heterocycles. The van der Waals surface area contributed by atoms with Gasteiger partial charge in [-0.05, 0) is 50.0 Å². The molecular weight excluding hydrogens is 604 g/mol. The van der Waals surface area contributed by atoms with E-state index in [1.807, 2.05) is 141 Å². The van der Waals surface area contributed by atoms with Gasteiger partial charge in [0.2, 0.25) is 11.5 Å². The van der Waals surface area contributed by atoms with Gasteiger partial charge in [-0.2, -0.15) is 0 Å². The molecular formula is C38H58N6O4+2. The zero-order valence-electron chi connectivity index (χ0n) is 32.6. The topological polar surface area (TPSA) is 71.6 Å². The molecule has 0 atom stereocenters. The number of hydrogen-bond donors (Lipinski definition) is 0. The number of hydrogen-bond acceptors (Lipinski definition) is 6. The second-order valence-electron chi connectivity index (χ2n) is 15.5. The Bertz CT molecular complexity index is 1550. The molecule has 0 aromatic carbocycles. The van der Waals surface area contributed by atoms with Gasteiger partial charge in [-0.15, -0.1) is 0 Å². The number of ether oxygens (including phenoxy) is 2. The van der Waals surface area contributed by atoms with Crippen LogP contribution < -0.4 is 0 Å². The van der Waals surface area contributed by atoms with Crippen molar-refractivity contribution in [2.75, 3.05) is 84.6 Å². The standard InChI is InChI=1S/C38H58N6O4/c1-23-19-35(5,20-24(2)37(23)29(39(7)8)27(47-33(37)45)31(41(11)12)42(13)14)36(6)21-25(3)38(26(4)22-36)30(40(9)10)28(48-34(38)46)32(43(15)16)44(17)18/h19-22H,1-18H3/q+2. The maximum absolute atomic E-state index is 14.2. The molecule has 0 unspecified atom stereocenters. The largest absolute Gasteiger partial charge is 0.415 e. The zero-order valence-corrected chi connectivity index (χ0v) is 32.6. The Morgan fingerprint density at radius 2 is 0.792 bits per heavy atom. The van der Waals surface area contributed by atoms with Crippen LogP contribution in [0.1, 0.15) is 41.5 Å². The third-order valence-electron chi connectivity index (χ3n) is 10.7. The number of nitrogens with zero attached hydrogens (tertiary/aromatic N) is 6. The van der Waals surface area contributed by atoms with Gasteiger partial charge in [0.25, 0.3) is 0 Å². The molecule has 4 rings (SSSR count). The first kappa shape index (κ1) is 36.8. The van der Waals surface area contributed by atoms with Crippen LogP contribution in [0.4, 0.5) is 0 Å². The molecule has 2 aliphatic carbocycles. The first-order valence-corrected chi connectivity index (χ1v) is 16.5. The number of likely N-dealkylation sites (N-methyl/N-ethyl adjacent to an activating group) is 2. The monoisotopic (exact) mass is 662 g/mol. The molecule has 0 amide bonds. The van der Waals surface area contributed by atoms with Gasteiger partial charge in [-0.25, -0.2) is 9.59 Å². The number of cyclic esters (lactones) is 2. The number of carbonyl (C=O) groups excluding carboxylic acids is 2. The molecule has 0 fully saturated rings. The van der Waals surface area contributed by atoms with Crippen LogP contribution in [-0.4, -0.2) is 137 Å². The highest BCUT2D eigenvalue weighted by molar-refractivity contribution is 6.04. The van der Waals surface area contributed by atoms with Gasteiger partial charge in [0.05, 0.1) is 67.8 Å². The lowest BCUT2D eigenvalue weighted by Crippen LogP contribution is -2.46. The van der Waals surface area contributed by atoms with Crippen molar-refractivity contribution < 1.29 is 28.2 Å². The minimum Gasteiger partial charge on any atom is -0.415 e. The summed E-state index contributed by atoms with van der Waals surface area (Å²) in [5.74, 6) is 2.16. The van der Waals surface area contributed by atoms with Crippen molar-refractivity contribution in [2.45, 2.75) is 41.5 Å². The predicted molar refractivity (Wildman–Crippen MR) is 191 cm³/mol. The van der Waals surface area contributed by atoms with E-state index < -0.39 is 21.7 Å². The molecule has 48 heavy (non-hydrogen) atoms. The van der Waals surface area contributed by atoms with Gasteiger partial charge in [0.1, 0.15) is 0 Å². The first-order valence-electron chi connectivity index (χ1n) is 16.5. The van der Waals surface area contributed by atoms with Crippen molar-refractivity contribution in [3.05, 3.63) is 69.5 Å². The van der Waals surface area contributed by atoms with Crippen molar-refractivity contribution in [2.24, 2.45) is 21.7 Å². The van der Waals surface area contributed by atoms with E-state index in [2.05, 4.69) is 38.2 Å². The van der Waals surface area contributed by atoms with E-state index in [1.54, 1.807) is 0 Å². The van der Waals surface area contributed by atoms with E-state index in [0.29, 0.717) is 11.5 Å². The van der Waals surface area contributed by atoms with Gasteiger partial charge in [-0.3, -0.25) is 19.0 Å². The Balaban J connectivity index is 1.95. The first-order chi connectivity index (χ1) is 22.0.